The quantitative estimate of drug-likeness (QED) is 0.192. The average Bonchev–Trinajstić information content (AvgIpc) is 3.86. The van der Waals surface area contributed by atoms with Gasteiger partial charge in [-0.3, -0.25) is 0 Å². The Morgan fingerprint density at radius 3 is 1.96 bits per heavy atom. The van der Waals surface area contributed by atoms with Crippen molar-refractivity contribution in [2.45, 2.75) is 0 Å². The van der Waals surface area contributed by atoms with Gasteiger partial charge in [0.15, 0.2) is 11.2 Å². The summed E-state index contributed by atoms with van der Waals surface area (Å²) in [7, 11) is 0. The molecule has 226 valence electrons. The number of aromatic nitrogens is 1. The summed E-state index contributed by atoms with van der Waals surface area (Å²) < 4.78 is 19.0. The van der Waals surface area contributed by atoms with Gasteiger partial charge in [-0.05, 0) is 83.9 Å². The standard InChI is InChI=1S/C43H26N2O3/c1-2-9-27(10-3-1)28-17-20-30(21-18-28)45(37-14-8-12-34-32-11-4-6-15-38(32)47-42(34)37)31-22-24-39-35(26-31)33-23-19-29(25-41(33)46-39)43-44-36-13-5-7-16-40(36)48-43/h1-26H. The van der Waals surface area contributed by atoms with E-state index in [9.17, 15) is 0 Å². The van der Waals surface area contributed by atoms with Crippen LogP contribution in [-0.4, -0.2) is 4.98 Å². The summed E-state index contributed by atoms with van der Waals surface area (Å²) in [6.45, 7) is 0. The number of oxazole rings is 1. The predicted molar refractivity (Wildman–Crippen MR) is 194 cm³/mol. The van der Waals surface area contributed by atoms with E-state index < -0.39 is 0 Å². The van der Waals surface area contributed by atoms with Crippen LogP contribution in [0.5, 0.6) is 0 Å². The van der Waals surface area contributed by atoms with Crippen LogP contribution in [0.2, 0.25) is 0 Å². The summed E-state index contributed by atoms with van der Waals surface area (Å²) in [6.07, 6.45) is 0. The van der Waals surface area contributed by atoms with Gasteiger partial charge in [-0.2, -0.15) is 0 Å². The molecule has 10 aromatic rings. The predicted octanol–water partition coefficient (Wildman–Crippen LogP) is 12.4. The average molecular weight is 619 g/mol. The first-order chi connectivity index (χ1) is 23.8. The third-order valence-electron chi connectivity index (χ3n) is 9.11. The summed E-state index contributed by atoms with van der Waals surface area (Å²) >= 11 is 0. The van der Waals surface area contributed by atoms with Crippen LogP contribution in [0.25, 0.3) is 77.6 Å². The van der Waals surface area contributed by atoms with Crippen molar-refractivity contribution in [2.24, 2.45) is 0 Å². The molecule has 0 aliphatic rings. The van der Waals surface area contributed by atoms with Gasteiger partial charge < -0.3 is 18.2 Å². The minimum absolute atomic E-state index is 0.572. The monoisotopic (exact) mass is 618 g/mol. The number of rotatable bonds is 5. The highest BCUT2D eigenvalue weighted by atomic mass is 16.4. The Kier molecular flexibility index (Phi) is 5.81. The van der Waals surface area contributed by atoms with Gasteiger partial charge in [0.1, 0.15) is 22.3 Å². The van der Waals surface area contributed by atoms with Gasteiger partial charge >= 0.3 is 0 Å². The molecule has 0 unspecified atom stereocenters. The van der Waals surface area contributed by atoms with Crippen molar-refractivity contribution in [3.63, 3.8) is 0 Å². The van der Waals surface area contributed by atoms with Gasteiger partial charge in [-0.25, -0.2) is 4.98 Å². The largest absolute Gasteiger partial charge is 0.456 e. The molecule has 3 heterocycles. The zero-order valence-electron chi connectivity index (χ0n) is 25.6. The van der Waals surface area contributed by atoms with Crippen molar-refractivity contribution in [1.82, 2.24) is 4.98 Å². The number of hydrogen-bond donors (Lipinski definition) is 0. The third-order valence-corrected chi connectivity index (χ3v) is 9.11. The third kappa shape index (κ3) is 4.22. The van der Waals surface area contributed by atoms with Crippen LogP contribution in [0.1, 0.15) is 0 Å². The number of fused-ring (bicyclic) bond motifs is 7. The van der Waals surface area contributed by atoms with E-state index in [-0.39, 0.29) is 0 Å². The van der Waals surface area contributed by atoms with Crippen LogP contribution >= 0.6 is 0 Å². The van der Waals surface area contributed by atoms with Crippen LogP contribution in [-0.2, 0) is 0 Å². The molecule has 0 atom stereocenters. The minimum Gasteiger partial charge on any atom is -0.456 e. The Balaban J connectivity index is 1.14. The fourth-order valence-corrected chi connectivity index (χ4v) is 6.80. The first-order valence-corrected chi connectivity index (χ1v) is 15.9. The Morgan fingerprint density at radius 2 is 1.08 bits per heavy atom. The summed E-state index contributed by atoms with van der Waals surface area (Å²) in [4.78, 5) is 6.96. The Hall–Kier alpha value is -6.59. The fraction of sp³-hybridized carbons (Fsp3) is 0. The molecule has 0 spiro atoms. The smallest absolute Gasteiger partial charge is 0.227 e. The molecule has 5 heteroatoms. The molecule has 0 aliphatic carbocycles. The highest BCUT2D eigenvalue weighted by molar-refractivity contribution is 6.11. The van der Waals surface area contributed by atoms with E-state index in [0.29, 0.717) is 5.89 Å². The first-order valence-electron chi connectivity index (χ1n) is 15.9. The van der Waals surface area contributed by atoms with Gasteiger partial charge in [-0.15, -0.1) is 0 Å². The van der Waals surface area contributed by atoms with Crippen molar-refractivity contribution in [2.75, 3.05) is 4.90 Å². The number of anilines is 3. The molecule has 0 fully saturated rings. The number of nitrogens with zero attached hydrogens (tertiary/aromatic N) is 2. The maximum absolute atomic E-state index is 6.55. The highest BCUT2D eigenvalue weighted by Gasteiger charge is 2.21. The lowest BCUT2D eigenvalue weighted by molar-refractivity contribution is 0.619. The molecular formula is C43H26N2O3. The van der Waals surface area contributed by atoms with E-state index in [1.807, 2.05) is 60.7 Å². The Bertz CT molecular complexity index is 2760. The van der Waals surface area contributed by atoms with E-state index >= 15 is 0 Å². The molecule has 48 heavy (non-hydrogen) atoms. The lowest BCUT2D eigenvalue weighted by atomic mass is 10.0. The van der Waals surface area contributed by atoms with E-state index in [2.05, 4.69) is 102 Å². The first kappa shape index (κ1) is 26.6. The fourth-order valence-electron chi connectivity index (χ4n) is 6.80. The number of para-hydroxylation sites is 4. The lowest BCUT2D eigenvalue weighted by Gasteiger charge is -2.26. The normalized spacial score (nSPS) is 11.8. The molecule has 7 aromatic carbocycles. The molecular weight excluding hydrogens is 592 g/mol. The molecule has 0 saturated carbocycles. The second kappa shape index (κ2) is 10.5. The van der Waals surface area contributed by atoms with Crippen molar-refractivity contribution in [3.05, 3.63) is 158 Å². The molecule has 0 amide bonds. The zero-order chi connectivity index (χ0) is 31.6. The van der Waals surface area contributed by atoms with Crippen LogP contribution in [0, 0.1) is 0 Å². The molecule has 5 nitrogen and oxygen atoms in total. The minimum atomic E-state index is 0.572. The second-order valence-electron chi connectivity index (χ2n) is 12.0. The van der Waals surface area contributed by atoms with Crippen LogP contribution < -0.4 is 4.90 Å². The summed E-state index contributed by atoms with van der Waals surface area (Å²) in [5, 5.41) is 4.22. The van der Waals surface area contributed by atoms with Gasteiger partial charge in [0.25, 0.3) is 0 Å². The molecule has 0 aliphatic heterocycles. The highest BCUT2D eigenvalue weighted by Crippen LogP contribution is 2.44. The van der Waals surface area contributed by atoms with Crippen LogP contribution in [0.15, 0.2) is 171 Å². The summed E-state index contributed by atoms with van der Waals surface area (Å²) in [5.74, 6) is 0.572. The van der Waals surface area contributed by atoms with Gasteiger partial charge in [-0.1, -0.05) is 84.9 Å². The number of hydrogen-bond acceptors (Lipinski definition) is 5. The van der Waals surface area contributed by atoms with Crippen molar-refractivity contribution in [3.8, 4) is 22.6 Å². The van der Waals surface area contributed by atoms with Gasteiger partial charge in [0.05, 0.1) is 5.69 Å². The Labute approximate surface area is 274 Å². The van der Waals surface area contributed by atoms with E-state index in [4.69, 9.17) is 18.2 Å². The van der Waals surface area contributed by atoms with E-state index in [1.165, 1.54) is 5.56 Å². The molecule has 0 saturated heterocycles. The van der Waals surface area contributed by atoms with Crippen molar-refractivity contribution < 1.29 is 13.3 Å². The SMILES string of the molecule is c1ccc(-c2ccc(N(c3ccc4oc5cc(-c6nc7ccccc7o6)ccc5c4c3)c3cccc4c3oc3ccccc34)cc2)cc1. The second-order valence-corrected chi connectivity index (χ2v) is 12.0. The van der Waals surface area contributed by atoms with Crippen molar-refractivity contribution >= 4 is 72.0 Å². The molecule has 10 rings (SSSR count). The zero-order valence-corrected chi connectivity index (χ0v) is 25.6. The molecule has 0 bridgehead atoms. The topological polar surface area (TPSA) is 55.6 Å². The Morgan fingerprint density at radius 1 is 0.396 bits per heavy atom. The maximum atomic E-state index is 6.55. The number of benzene rings is 7. The van der Waals surface area contributed by atoms with E-state index in [0.717, 1.165) is 83.2 Å². The van der Waals surface area contributed by atoms with Gasteiger partial charge in [0.2, 0.25) is 5.89 Å². The molecule has 0 radical (unpaired) electrons. The lowest BCUT2D eigenvalue weighted by Crippen LogP contribution is -2.10. The molecule has 3 aromatic heterocycles. The number of furan rings is 2. The van der Waals surface area contributed by atoms with E-state index in [1.54, 1.807) is 0 Å². The summed E-state index contributed by atoms with van der Waals surface area (Å²) in [5.41, 5.74) is 11.1. The maximum Gasteiger partial charge on any atom is 0.227 e. The van der Waals surface area contributed by atoms with Crippen molar-refractivity contribution in [1.29, 1.82) is 0 Å². The van der Waals surface area contributed by atoms with Crippen LogP contribution in [0.3, 0.4) is 0 Å². The van der Waals surface area contributed by atoms with Crippen LogP contribution in [0.4, 0.5) is 17.1 Å². The molecule has 0 N–H and O–H groups in total. The van der Waals surface area contributed by atoms with Gasteiger partial charge in [0, 0.05) is 38.5 Å². The summed E-state index contributed by atoms with van der Waals surface area (Å²) in [6, 6.07) is 54.0.